The fourth-order valence-corrected chi connectivity index (χ4v) is 1.54. The van der Waals surface area contributed by atoms with Crippen molar-refractivity contribution in [3.63, 3.8) is 0 Å². The Morgan fingerprint density at radius 2 is 1.79 bits per heavy atom. The Morgan fingerprint density at radius 3 is 2.14 bits per heavy atom. The fourth-order valence-electron chi connectivity index (χ4n) is 0.922. The number of hydrogen-bond donors (Lipinski definition) is 2. The lowest BCUT2D eigenvalue weighted by atomic mass is 9.80. The van der Waals surface area contributed by atoms with Crippen LogP contribution in [0.2, 0.25) is 0 Å². The highest BCUT2D eigenvalue weighted by Gasteiger charge is 2.33. The first-order valence-electron chi connectivity index (χ1n) is 3.55. The summed E-state index contributed by atoms with van der Waals surface area (Å²) in [5, 5.41) is 17.4. The van der Waals surface area contributed by atoms with E-state index in [4.69, 9.17) is 10.0 Å². The van der Waals surface area contributed by atoms with Crippen LogP contribution in [0, 0.1) is 0 Å². The van der Waals surface area contributed by atoms with Crippen LogP contribution < -0.4 is 5.46 Å². The molecular formula is C7H5BBrF3O2. The molecule has 1 aromatic rings. The van der Waals surface area contributed by atoms with Crippen LogP contribution in [0.4, 0.5) is 13.2 Å². The molecule has 0 saturated carbocycles. The normalized spacial score (nSPS) is 11.6. The van der Waals surface area contributed by atoms with E-state index < -0.39 is 18.9 Å². The van der Waals surface area contributed by atoms with Crippen LogP contribution in [-0.2, 0) is 6.18 Å². The van der Waals surface area contributed by atoms with E-state index in [1.807, 2.05) is 0 Å². The largest absolute Gasteiger partial charge is 0.488 e. The highest BCUT2D eigenvalue weighted by molar-refractivity contribution is 9.10. The van der Waals surface area contributed by atoms with Gasteiger partial charge in [0.05, 0.1) is 5.56 Å². The minimum absolute atomic E-state index is 0.00451. The molecule has 0 aliphatic rings. The molecule has 0 saturated heterocycles. The van der Waals surface area contributed by atoms with Crippen molar-refractivity contribution in [2.45, 2.75) is 6.18 Å². The van der Waals surface area contributed by atoms with Gasteiger partial charge in [0, 0.05) is 4.47 Å². The van der Waals surface area contributed by atoms with Crippen molar-refractivity contribution in [3.8, 4) is 0 Å². The topological polar surface area (TPSA) is 40.5 Å². The molecule has 0 radical (unpaired) electrons. The third-order valence-electron chi connectivity index (χ3n) is 1.60. The number of rotatable bonds is 1. The van der Waals surface area contributed by atoms with Gasteiger partial charge < -0.3 is 10.0 Å². The summed E-state index contributed by atoms with van der Waals surface area (Å²) in [4.78, 5) is 0. The van der Waals surface area contributed by atoms with Gasteiger partial charge in [-0.05, 0) is 17.6 Å². The maximum absolute atomic E-state index is 12.2. The van der Waals surface area contributed by atoms with Gasteiger partial charge >= 0.3 is 13.3 Å². The standard InChI is InChI=1S/C7H5BBrF3O2/c9-6-3-4(8(13)14)1-2-5(6)7(10,11)12/h1-3,13-14H. The second kappa shape index (κ2) is 3.92. The summed E-state index contributed by atoms with van der Waals surface area (Å²) < 4.78 is 36.5. The van der Waals surface area contributed by atoms with Crippen LogP contribution in [0.3, 0.4) is 0 Å². The zero-order chi connectivity index (χ0) is 10.9. The van der Waals surface area contributed by atoms with Crippen molar-refractivity contribution in [2.24, 2.45) is 0 Å². The van der Waals surface area contributed by atoms with E-state index in [1.165, 1.54) is 0 Å². The number of benzene rings is 1. The van der Waals surface area contributed by atoms with Crippen LogP contribution in [-0.4, -0.2) is 17.2 Å². The maximum Gasteiger partial charge on any atom is 0.488 e. The van der Waals surface area contributed by atoms with Crippen molar-refractivity contribution in [1.82, 2.24) is 0 Å². The average Bonchev–Trinajstić information content (AvgIpc) is 2.01. The predicted octanol–water partition coefficient (Wildman–Crippen LogP) is 1.15. The second-order valence-corrected chi connectivity index (χ2v) is 3.47. The first kappa shape index (κ1) is 11.5. The van der Waals surface area contributed by atoms with Crippen LogP contribution in [0.5, 0.6) is 0 Å². The summed E-state index contributed by atoms with van der Waals surface area (Å²) in [6, 6.07) is 2.82. The summed E-state index contributed by atoms with van der Waals surface area (Å²) >= 11 is 2.71. The van der Waals surface area contributed by atoms with Crippen LogP contribution >= 0.6 is 15.9 Å². The monoisotopic (exact) mass is 268 g/mol. The molecule has 1 aromatic carbocycles. The SMILES string of the molecule is OB(O)c1ccc(C(F)(F)F)c(Br)c1. The number of alkyl halides is 3. The lowest BCUT2D eigenvalue weighted by Crippen LogP contribution is -2.30. The Morgan fingerprint density at radius 1 is 1.21 bits per heavy atom. The van der Waals surface area contributed by atoms with Gasteiger partial charge in [0.2, 0.25) is 0 Å². The lowest BCUT2D eigenvalue weighted by molar-refractivity contribution is -0.138. The van der Waals surface area contributed by atoms with Gasteiger partial charge in [-0.25, -0.2) is 0 Å². The van der Waals surface area contributed by atoms with Gasteiger partial charge in [-0.15, -0.1) is 0 Å². The van der Waals surface area contributed by atoms with E-state index in [0.717, 1.165) is 18.2 Å². The zero-order valence-electron chi connectivity index (χ0n) is 6.72. The molecule has 2 nitrogen and oxygen atoms in total. The smallest absolute Gasteiger partial charge is 0.423 e. The second-order valence-electron chi connectivity index (χ2n) is 2.61. The molecule has 1 rings (SSSR count). The molecule has 7 heteroatoms. The molecule has 0 unspecified atom stereocenters. The number of halogens is 4. The van der Waals surface area contributed by atoms with E-state index in [9.17, 15) is 13.2 Å². The minimum atomic E-state index is -4.45. The maximum atomic E-state index is 12.2. The van der Waals surface area contributed by atoms with Gasteiger partial charge in [-0.1, -0.05) is 22.0 Å². The molecule has 2 N–H and O–H groups in total. The van der Waals surface area contributed by atoms with Crippen molar-refractivity contribution >= 4 is 28.5 Å². The lowest BCUT2D eigenvalue weighted by Gasteiger charge is -2.09. The zero-order valence-corrected chi connectivity index (χ0v) is 8.30. The summed E-state index contributed by atoms with van der Waals surface area (Å²) in [6.45, 7) is 0. The fraction of sp³-hybridized carbons (Fsp3) is 0.143. The molecule has 0 amide bonds. The van der Waals surface area contributed by atoms with Crippen LogP contribution in [0.1, 0.15) is 5.56 Å². The van der Waals surface area contributed by atoms with Crippen molar-refractivity contribution in [1.29, 1.82) is 0 Å². The first-order chi connectivity index (χ1) is 6.32. The Labute approximate surface area is 86.6 Å². The molecule has 0 bridgehead atoms. The molecule has 0 atom stereocenters. The Hall–Kier alpha value is -0.525. The summed E-state index contributed by atoms with van der Waals surface area (Å²) in [7, 11) is -1.77. The molecule has 0 aliphatic carbocycles. The van der Waals surface area contributed by atoms with Crippen molar-refractivity contribution in [2.75, 3.05) is 0 Å². The summed E-state index contributed by atoms with van der Waals surface area (Å²) in [6.07, 6.45) is -4.45. The summed E-state index contributed by atoms with van der Waals surface area (Å²) in [5.41, 5.74) is -0.841. The number of hydrogen-bond acceptors (Lipinski definition) is 2. The van der Waals surface area contributed by atoms with E-state index in [0.29, 0.717) is 0 Å². The van der Waals surface area contributed by atoms with Crippen LogP contribution in [0.25, 0.3) is 0 Å². The molecule has 0 aromatic heterocycles. The van der Waals surface area contributed by atoms with E-state index in [-0.39, 0.29) is 9.94 Å². The van der Waals surface area contributed by atoms with Gasteiger partial charge in [0.1, 0.15) is 0 Å². The third-order valence-corrected chi connectivity index (χ3v) is 2.25. The van der Waals surface area contributed by atoms with Gasteiger partial charge in [0.25, 0.3) is 0 Å². The molecule has 0 fully saturated rings. The van der Waals surface area contributed by atoms with E-state index in [2.05, 4.69) is 15.9 Å². The highest BCUT2D eigenvalue weighted by atomic mass is 79.9. The van der Waals surface area contributed by atoms with Crippen molar-refractivity contribution < 1.29 is 23.2 Å². The molecule has 0 heterocycles. The molecular weight excluding hydrogens is 264 g/mol. The third kappa shape index (κ3) is 2.49. The summed E-state index contributed by atoms with van der Waals surface area (Å²) in [5.74, 6) is 0. The predicted molar refractivity (Wildman–Crippen MR) is 49.0 cm³/mol. The Kier molecular flexibility index (Phi) is 3.23. The van der Waals surface area contributed by atoms with E-state index >= 15 is 0 Å². The average molecular weight is 269 g/mol. The van der Waals surface area contributed by atoms with Gasteiger partial charge in [-0.3, -0.25) is 0 Å². The van der Waals surface area contributed by atoms with Gasteiger partial charge in [-0.2, -0.15) is 13.2 Å². The molecule has 0 aliphatic heterocycles. The highest BCUT2D eigenvalue weighted by Crippen LogP contribution is 2.33. The van der Waals surface area contributed by atoms with Gasteiger partial charge in [0.15, 0.2) is 0 Å². The van der Waals surface area contributed by atoms with E-state index in [1.54, 1.807) is 0 Å². The first-order valence-corrected chi connectivity index (χ1v) is 4.34. The minimum Gasteiger partial charge on any atom is -0.423 e. The Balaban J connectivity index is 3.15. The molecule has 76 valence electrons. The molecule has 0 spiro atoms. The molecule has 14 heavy (non-hydrogen) atoms. The quantitative estimate of drug-likeness (QED) is 0.750. The van der Waals surface area contributed by atoms with Crippen molar-refractivity contribution in [3.05, 3.63) is 28.2 Å². The van der Waals surface area contributed by atoms with Crippen LogP contribution in [0.15, 0.2) is 22.7 Å². The Bertz CT molecular complexity index is 340.